The third-order valence-corrected chi connectivity index (χ3v) is 6.64. The van der Waals surface area contributed by atoms with Crippen molar-refractivity contribution in [2.75, 3.05) is 6.61 Å². The van der Waals surface area contributed by atoms with Gasteiger partial charge in [0, 0.05) is 0 Å². The van der Waals surface area contributed by atoms with E-state index in [2.05, 4.69) is 50.2 Å². The van der Waals surface area contributed by atoms with Crippen molar-refractivity contribution in [3.8, 4) is 5.75 Å². The van der Waals surface area contributed by atoms with Crippen LogP contribution in [-0.4, -0.2) is 6.61 Å². The van der Waals surface area contributed by atoms with Gasteiger partial charge in [0.2, 0.25) is 0 Å². The first-order valence-corrected chi connectivity index (χ1v) is 12.0. The molecule has 0 aliphatic heterocycles. The number of fused-ring (bicyclic) bond motifs is 1. The highest BCUT2D eigenvalue weighted by Crippen LogP contribution is 2.38. The molecule has 1 nitrogen and oxygen atoms in total. The molecule has 1 saturated carbocycles. The van der Waals surface area contributed by atoms with E-state index >= 15 is 0 Å². The summed E-state index contributed by atoms with van der Waals surface area (Å²) in [6, 6.07) is 13.7. The quantitative estimate of drug-likeness (QED) is 0.354. The summed E-state index contributed by atoms with van der Waals surface area (Å²) in [5.41, 5.74) is 1.55. The zero-order valence-corrected chi connectivity index (χ0v) is 18.2. The molecule has 0 radical (unpaired) electrons. The largest absolute Gasteiger partial charge is 0.494 e. The van der Waals surface area contributed by atoms with Crippen molar-refractivity contribution in [1.29, 1.82) is 0 Å². The van der Waals surface area contributed by atoms with Crippen LogP contribution in [0, 0.1) is 5.92 Å². The highest BCUT2D eigenvalue weighted by atomic mass is 16.5. The fourth-order valence-corrected chi connectivity index (χ4v) is 4.74. The van der Waals surface area contributed by atoms with Gasteiger partial charge < -0.3 is 4.74 Å². The van der Waals surface area contributed by atoms with Crippen molar-refractivity contribution >= 4 is 10.8 Å². The summed E-state index contributed by atoms with van der Waals surface area (Å²) in [4.78, 5) is 0. The average molecular weight is 381 g/mol. The lowest BCUT2D eigenvalue weighted by molar-refractivity contribution is 0.302. The highest BCUT2D eigenvalue weighted by Gasteiger charge is 2.22. The summed E-state index contributed by atoms with van der Waals surface area (Å²) in [7, 11) is 0. The van der Waals surface area contributed by atoms with Gasteiger partial charge in [0.1, 0.15) is 5.75 Å². The van der Waals surface area contributed by atoms with Crippen molar-refractivity contribution in [2.45, 2.75) is 96.8 Å². The normalized spacial score (nSPS) is 19.8. The fourth-order valence-electron chi connectivity index (χ4n) is 4.74. The molecule has 1 heteroatoms. The Bertz CT molecular complexity index is 696. The fraction of sp³-hybridized carbons (Fsp3) is 0.630. The maximum Gasteiger partial charge on any atom is 0.119 e. The summed E-state index contributed by atoms with van der Waals surface area (Å²) in [6.45, 7) is 5.32. The van der Waals surface area contributed by atoms with E-state index in [1.807, 2.05) is 0 Å². The molecule has 0 N–H and O–H groups in total. The van der Waals surface area contributed by atoms with E-state index in [0.29, 0.717) is 0 Å². The Labute approximate surface area is 172 Å². The number of rotatable bonds is 11. The van der Waals surface area contributed by atoms with Crippen LogP contribution in [0.1, 0.15) is 102 Å². The van der Waals surface area contributed by atoms with Gasteiger partial charge in [-0.15, -0.1) is 0 Å². The molecule has 2 aromatic carbocycles. The van der Waals surface area contributed by atoms with Crippen molar-refractivity contribution in [1.82, 2.24) is 0 Å². The van der Waals surface area contributed by atoms with Crippen LogP contribution < -0.4 is 4.74 Å². The van der Waals surface area contributed by atoms with E-state index in [0.717, 1.165) is 30.6 Å². The SMILES string of the molecule is CCCCCCC[C@H]1CC[C@H](c2ccc3cc(OCCCC)ccc3c2)CC1. The molecule has 1 aliphatic rings. The maximum atomic E-state index is 5.87. The maximum absolute atomic E-state index is 5.87. The third-order valence-electron chi connectivity index (χ3n) is 6.64. The van der Waals surface area contributed by atoms with Gasteiger partial charge in [-0.3, -0.25) is 0 Å². The summed E-state index contributed by atoms with van der Waals surface area (Å²) < 4.78 is 5.87. The molecule has 0 atom stereocenters. The molecule has 3 rings (SSSR count). The van der Waals surface area contributed by atoms with E-state index in [1.165, 1.54) is 81.4 Å². The van der Waals surface area contributed by atoms with E-state index in [9.17, 15) is 0 Å². The average Bonchev–Trinajstić information content (AvgIpc) is 2.74. The highest BCUT2D eigenvalue weighted by molar-refractivity contribution is 5.84. The van der Waals surface area contributed by atoms with E-state index in [4.69, 9.17) is 4.74 Å². The number of ether oxygens (including phenoxy) is 1. The van der Waals surface area contributed by atoms with Crippen molar-refractivity contribution < 1.29 is 4.74 Å². The number of hydrogen-bond acceptors (Lipinski definition) is 1. The minimum absolute atomic E-state index is 0.765. The molecule has 0 aromatic heterocycles. The first kappa shape index (κ1) is 21.2. The summed E-state index contributed by atoms with van der Waals surface area (Å²) >= 11 is 0. The number of hydrogen-bond donors (Lipinski definition) is 0. The zero-order chi connectivity index (χ0) is 19.6. The Kier molecular flexibility index (Phi) is 8.70. The lowest BCUT2D eigenvalue weighted by atomic mass is 9.77. The molecule has 0 unspecified atom stereocenters. The molecular formula is C27H40O. The van der Waals surface area contributed by atoms with Crippen LogP contribution in [0.25, 0.3) is 10.8 Å². The van der Waals surface area contributed by atoms with Gasteiger partial charge >= 0.3 is 0 Å². The van der Waals surface area contributed by atoms with Crippen molar-refractivity contribution in [2.24, 2.45) is 5.92 Å². The molecule has 2 aromatic rings. The van der Waals surface area contributed by atoms with Crippen molar-refractivity contribution in [3.63, 3.8) is 0 Å². The Hall–Kier alpha value is -1.50. The Morgan fingerprint density at radius 1 is 0.750 bits per heavy atom. The van der Waals surface area contributed by atoms with Crippen LogP contribution in [0.3, 0.4) is 0 Å². The van der Waals surface area contributed by atoms with Crippen LogP contribution in [0.5, 0.6) is 5.75 Å². The third kappa shape index (κ3) is 6.26. The van der Waals surface area contributed by atoms with Gasteiger partial charge in [-0.1, -0.05) is 83.1 Å². The second-order valence-electron chi connectivity index (χ2n) is 8.89. The van der Waals surface area contributed by atoms with Crippen LogP contribution in [-0.2, 0) is 0 Å². The first-order chi connectivity index (χ1) is 13.8. The first-order valence-electron chi connectivity index (χ1n) is 12.0. The molecule has 0 saturated heterocycles. The monoisotopic (exact) mass is 380 g/mol. The van der Waals surface area contributed by atoms with Gasteiger partial charge in [-0.05, 0) is 72.4 Å². The van der Waals surface area contributed by atoms with Crippen molar-refractivity contribution in [3.05, 3.63) is 42.0 Å². The minimum atomic E-state index is 0.765. The van der Waals surface area contributed by atoms with Crippen LogP contribution in [0.4, 0.5) is 0 Å². The second kappa shape index (κ2) is 11.5. The number of unbranched alkanes of at least 4 members (excludes halogenated alkanes) is 5. The summed E-state index contributed by atoms with van der Waals surface area (Å²) in [5.74, 6) is 2.76. The molecule has 28 heavy (non-hydrogen) atoms. The van der Waals surface area contributed by atoms with Crippen LogP contribution in [0.2, 0.25) is 0 Å². The van der Waals surface area contributed by atoms with Gasteiger partial charge in [-0.25, -0.2) is 0 Å². The predicted molar refractivity (Wildman–Crippen MR) is 122 cm³/mol. The Morgan fingerprint density at radius 3 is 2.25 bits per heavy atom. The van der Waals surface area contributed by atoms with E-state index in [1.54, 1.807) is 5.56 Å². The van der Waals surface area contributed by atoms with Crippen LogP contribution >= 0.6 is 0 Å². The Morgan fingerprint density at radius 2 is 1.46 bits per heavy atom. The van der Waals surface area contributed by atoms with Gasteiger partial charge in [0.15, 0.2) is 0 Å². The lowest BCUT2D eigenvalue weighted by Gasteiger charge is -2.29. The molecule has 0 spiro atoms. The smallest absolute Gasteiger partial charge is 0.119 e. The number of benzene rings is 2. The lowest BCUT2D eigenvalue weighted by Crippen LogP contribution is -2.13. The van der Waals surface area contributed by atoms with Gasteiger partial charge in [0.05, 0.1) is 6.61 Å². The van der Waals surface area contributed by atoms with Gasteiger partial charge in [0.25, 0.3) is 0 Å². The second-order valence-corrected chi connectivity index (χ2v) is 8.89. The zero-order valence-electron chi connectivity index (χ0n) is 18.2. The Balaban J connectivity index is 1.50. The van der Waals surface area contributed by atoms with E-state index < -0.39 is 0 Å². The summed E-state index contributed by atoms with van der Waals surface area (Å²) in [6.07, 6.45) is 16.5. The molecule has 0 bridgehead atoms. The minimum Gasteiger partial charge on any atom is -0.494 e. The predicted octanol–water partition coefficient (Wildman–Crippen LogP) is 8.65. The molecule has 154 valence electrons. The molecule has 1 fully saturated rings. The topological polar surface area (TPSA) is 9.23 Å². The van der Waals surface area contributed by atoms with Crippen LogP contribution in [0.15, 0.2) is 36.4 Å². The molecule has 0 heterocycles. The standard InChI is InChI=1S/C27H40O/c1-3-5-7-8-9-10-22-11-13-23(14-12-22)24-15-16-26-21-27(28-19-6-4-2)18-17-25(26)20-24/h15-18,20-23H,3-14,19H2,1-2H3/t22-,23-. The summed E-state index contributed by atoms with van der Waals surface area (Å²) in [5, 5.41) is 2.66. The molecule has 1 aliphatic carbocycles. The van der Waals surface area contributed by atoms with Gasteiger partial charge in [-0.2, -0.15) is 0 Å². The molecule has 0 amide bonds. The van der Waals surface area contributed by atoms with E-state index in [-0.39, 0.29) is 0 Å². The molecular weight excluding hydrogens is 340 g/mol.